The summed E-state index contributed by atoms with van der Waals surface area (Å²) in [6, 6.07) is 3.77. The van der Waals surface area contributed by atoms with E-state index in [0.717, 1.165) is 4.88 Å². The summed E-state index contributed by atoms with van der Waals surface area (Å²) >= 11 is 1.65. The summed E-state index contributed by atoms with van der Waals surface area (Å²) in [5.74, 6) is 0. The molecule has 1 atom stereocenters. The van der Waals surface area contributed by atoms with Crippen LogP contribution in [0.25, 0.3) is 0 Å². The van der Waals surface area contributed by atoms with E-state index in [0.29, 0.717) is 17.7 Å². The first kappa shape index (κ1) is 16.2. The summed E-state index contributed by atoms with van der Waals surface area (Å²) in [6.07, 6.45) is 0.621. The molecule has 0 aliphatic heterocycles. The van der Waals surface area contributed by atoms with Gasteiger partial charge in [0.2, 0.25) is 0 Å². The van der Waals surface area contributed by atoms with Crippen molar-refractivity contribution in [2.45, 2.75) is 44.9 Å². The highest BCUT2D eigenvalue weighted by Crippen LogP contribution is 2.19. The van der Waals surface area contributed by atoms with Crippen LogP contribution >= 0.6 is 11.3 Å². The van der Waals surface area contributed by atoms with Crippen LogP contribution in [-0.4, -0.2) is 29.8 Å². The number of thiophene rings is 1. The molecule has 2 aromatic rings. The van der Waals surface area contributed by atoms with Crippen LogP contribution in [0.5, 0.6) is 0 Å². The van der Waals surface area contributed by atoms with E-state index in [-0.39, 0.29) is 17.7 Å². The third-order valence-corrected chi connectivity index (χ3v) is 5.69. The first-order chi connectivity index (χ1) is 9.83. The van der Waals surface area contributed by atoms with Gasteiger partial charge in [0.05, 0.1) is 6.61 Å². The Morgan fingerprint density at radius 2 is 2.14 bits per heavy atom. The number of hydrogen-bond donors (Lipinski definition) is 3. The monoisotopic (exact) mass is 329 g/mol. The quantitative estimate of drug-likeness (QED) is 0.748. The standard InChI is InChI=1S/C13H19N3O3S2/c1-8(6-11-5-4-9(2)20-11)16-21(18,19)13-12(7-17)10(3)14-15-13/h4-5,8,16-17H,6-7H2,1-3H3,(H,14,15). The normalized spacial score (nSPS) is 13.5. The van der Waals surface area contributed by atoms with Crippen LogP contribution in [0.3, 0.4) is 0 Å². The maximum atomic E-state index is 12.3. The van der Waals surface area contributed by atoms with E-state index in [2.05, 4.69) is 14.9 Å². The minimum atomic E-state index is -3.74. The Hall–Kier alpha value is -1.22. The average molecular weight is 329 g/mol. The van der Waals surface area contributed by atoms with Gasteiger partial charge in [-0.2, -0.15) is 5.10 Å². The van der Waals surface area contributed by atoms with Gasteiger partial charge >= 0.3 is 0 Å². The highest BCUT2D eigenvalue weighted by molar-refractivity contribution is 7.89. The molecule has 0 spiro atoms. The van der Waals surface area contributed by atoms with Crippen molar-refractivity contribution in [3.63, 3.8) is 0 Å². The van der Waals surface area contributed by atoms with Gasteiger partial charge in [0.1, 0.15) is 0 Å². The smallest absolute Gasteiger partial charge is 0.260 e. The third-order valence-electron chi connectivity index (χ3n) is 3.11. The molecule has 0 fully saturated rings. The van der Waals surface area contributed by atoms with Gasteiger partial charge in [0.25, 0.3) is 10.0 Å². The summed E-state index contributed by atoms with van der Waals surface area (Å²) < 4.78 is 27.3. The molecule has 6 nitrogen and oxygen atoms in total. The van der Waals surface area contributed by atoms with Gasteiger partial charge in [0, 0.05) is 27.1 Å². The van der Waals surface area contributed by atoms with E-state index in [1.165, 1.54) is 4.88 Å². The van der Waals surface area contributed by atoms with E-state index >= 15 is 0 Å². The molecular weight excluding hydrogens is 310 g/mol. The van der Waals surface area contributed by atoms with Crippen molar-refractivity contribution in [2.75, 3.05) is 0 Å². The summed E-state index contributed by atoms with van der Waals surface area (Å²) in [7, 11) is -3.74. The zero-order chi connectivity index (χ0) is 15.6. The largest absolute Gasteiger partial charge is 0.392 e. The van der Waals surface area contributed by atoms with Crippen molar-refractivity contribution in [1.29, 1.82) is 0 Å². The second kappa shape index (κ2) is 6.27. The molecule has 21 heavy (non-hydrogen) atoms. The molecule has 0 aliphatic carbocycles. The fourth-order valence-electron chi connectivity index (χ4n) is 2.10. The number of sulfonamides is 1. The second-order valence-electron chi connectivity index (χ2n) is 5.03. The lowest BCUT2D eigenvalue weighted by Crippen LogP contribution is -2.34. The predicted octanol–water partition coefficient (Wildman–Crippen LogP) is 1.49. The number of H-pyrrole nitrogens is 1. The minimum Gasteiger partial charge on any atom is -0.392 e. The number of aromatic nitrogens is 2. The molecule has 2 rings (SSSR count). The van der Waals surface area contributed by atoms with Crippen molar-refractivity contribution in [1.82, 2.24) is 14.9 Å². The molecule has 8 heteroatoms. The molecular formula is C13H19N3O3S2. The van der Waals surface area contributed by atoms with Gasteiger partial charge in [-0.3, -0.25) is 5.10 Å². The number of aromatic amines is 1. The van der Waals surface area contributed by atoms with Gasteiger partial charge < -0.3 is 5.11 Å². The topological polar surface area (TPSA) is 95.1 Å². The minimum absolute atomic E-state index is 0.128. The Labute approximate surface area is 128 Å². The van der Waals surface area contributed by atoms with Crippen LogP contribution in [0.15, 0.2) is 17.2 Å². The molecule has 2 aromatic heterocycles. The zero-order valence-corrected chi connectivity index (χ0v) is 13.8. The zero-order valence-electron chi connectivity index (χ0n) is 12.2. The second-order valence-corrected chi connectivity index (χ2v) is 8.03. The molecule has 0 bridgehead atoms. The van der Waals surface area contributed by atoms with Crippen LogP contribution in [0.2, 0.25) is 0 Å². The Balaban J connectivity index is 2.13. The molecule has 116 valence electrons. The molecule has 0 amide bonds. The molecule has 0 saturated carbocycles. The fraction of sp³-hybridized carbons (Fsp3) is 0.462. The Morgan fingerprint density at radius 3 is 2.71 bits per heavy atom. The summed E-state index contributed by atoms with van der Waals surface area (Å²) in [4.78, 5) is 2.33. The number of aryl methyl sites for hydroxylation is 2. The highest BCUT2D eigenvalue weighted by atomic mass is 32.2. The van der Waals surface area contributed by atoms with Crippen LogP contribution < -0.4 is 4.72 Å². The van der Waals surface area contributed by atoms with E-state index in [1.807, 2.05) is 26.0 Å². The van der Waals surface area contributed by atoms with E-state index < -0.39 is 10.0 Å². The number of nitrogens with one attached hydrogen (secondary N) is 2. The molecule has 0 radical (unpaired) electrons. The molecule has 3 N–H and O–H groups in total. The van der Waals surface area contributed by atoms with Gasteiger partial charge in [-0.15, -0.1) is 11.3 Å². The Bertz CT molecular complexity index is 719. The van der Waals surface area contributed by atoms with E-state index in [4.69, 9.17) is 0 Å². The summed E-state index contributed by atoms with van der Waals surface area (Å²) in [5.41, 5.74) is 0.862. The molecule has 1 unspecified atom stereocenters. The number of nitrogens with zero attached hydrogens (tertiary/aromatic N) is 1. The van der Waals surface area contributed by atoms with Gasteiger partial charge in [-0.05, 0) is 39.3 Å². The molecule has 0 aromatic carbocycles. The fourth-order valence-corrected chi connectivity index (χ4v) is 4.55. The lowest BCUT2D eigenvalue weighted by atomic mass is 10.2. The SMILES string of the molecule is Cc1ccc(CC(C)NS(=O)(=O)c2n[nH]c(C)c2CO)s1. The molecule has 2 heterocycles. The first-order valence-corrected chi connectivity index (χ1v) is 8.85. The maximum Gasteiger partial charge on any atom is 0.260 e. The predicted molar refractivity (Wildman–Crippen MR) is 81.8 cm³/mol. The van der Waals surface area contributed by atoms with Crippen molar-refractivity contribution in [2.24, 2.45) is 0 Å². The number of hydrogen-bond acceptors (Lipinski definition) is 5. The third kappa shape index (κ3) is 3.70. The van der Waals surface area contributed by atoms with Crippen LogP contribution in [-0.2, 0) is 23.1 Å². The Morgan fingerprint density at radius 1 is 1.43 bits per heavy atom. The van der Waals surface area contributed by atoms with Gasteiger partial charge in [0.15, 0.2) is 5.03 Å². The van der Waals surface area contributed by atoms with Crippen LogP contribution in [0.1, 0.15) is 27.9 Å². The lowest BCUT2D eigenvalue weighted by molar-refractivity contribution is 0.277. The lowest BCUT2D eigenvalue weighted by Gasteiger charge is -2.12. The van der Waals surface area contributed by atoms with E-state index in [1.54, 1.807) is 18.3 Å². The van der Waals surface area contributed by atoms with Crippen molar-refractivity contribution in [3.8, 4) is 0 Å². The number of aliphatic hydroxyl groups excluding tert-OH is 1. The van der Waals surface area contributed by atoms with Gasteiger partial charge in [-0.25, -0.2) is 13.1 Å². The number of rotatable bonds is 6. The van der Waals surface area contributed by atoms with Crippen molar-refractivity contribution < 1.29 is 13.5 Å². The molecule has 0 saturated heterocycles. The van der Waals surface area contributed by atoms with Gasteiger partial charge in [-0.1, -0.05) is 0 Å². The van der Waals surface area contributed by atoms with Crippen molar-refractivity contribution >= 4 is 21.4 Å². The number of aliphatic hydroxyl groups is 1. The van der Waals surface area contributed by atoms with E-state index in [9.17, 15) is 13.5 Å². The summed E-state index contributed by atoms with van der Waals surface area (Å²) in [5, 5.41) is 15.5. The average Bonchev–Trinajstić information content (AvgIpc) is 2.94. The Kier molecular flexibility index (Phi) is 4.82. The first-order valence-electron chi connectivity index (χ1n) is 6.56. The van der Waals surface area contributed by atoms with Crippen molar-refractivity contribution in [3.05, 3.63) is 33.1 Å². The van der Waals surface area contributed by atoms with Crippen LogP contribution in [0, 0.1) is 13.8 Å². The molecule has 0 aliphatic rings. The van der Waals surface area contributed by atoms with Crippen LogP contribution in [0.4, 0.5) is 0 Å². The highest BCUT2D eigenvalue weighted by Gasteiger charge is 2.25. The summed E-state index contributed by atoms with van der Waals surface area (Å²) in [6.45, 7) is 5.14. The maximum absolute atomic E-state index is 12.3.